The van der Waals surface area contributed by atoms with Crippen molar-refractivity contribution < 1.29 is 0 Å². The van der Waals surface area contributed by atoms with Crippen molar-refractivity contribution in [2.45, 2.75) is 33.6 Å². The van der Waals surface area contributed by atoms with Crippen molar-refractivity contribution in [1.29, 1.82) is 0 Å². The molecule has 4 heteroatoms. The summed E-state index contributed by atoms with van der Waals surface area (Å²) >= 11 is 0. The van der Waals surface area contributed by atoms with E-state index in [2.05, 4.69) is 74.5 Å². The molecule has 0 amide bonds. The number of guanidine groups is 1. The molecule has 1 aromatic rings. The highest BCUT2D eigenvalue weighted by Crippen LogP contribution is 2.15. The first-order valence-corrected chi connectivity index (χ1v) is 8.34. The second kappa shape index (κ2) is 10.2. The van der Waals surface area contributed by atoms with Gasteiger partial charge in [0.15, 0.2) is 5.96 Å². The summed E-state index contributed by atoms with van der Waals surface area (Å²) in [5.41, 5.74) is 2.64. The van der Waals surface area contributed by atoms with Crippen LogP contribution in [0.3, 0.4) is 0 Å². The van der Waals surface area contributed by atoms with Gasteiger partial charge in [-0.05, 0) is 33.0 Å². The Kier molecular flexibility index (Phi) is 8.60. The molecule has 0 radical (unpaired) electrons. The van der Waals surface area contributed by atoms with Crippen molar-refractivity contribution in [1.82, 2.24) is 15.5 Å². The molecule has 1 atom stereocenters. The van der Waals surface area contributed by atoms with E-state index in [1.807, 2.05) is 0 Å². The molecule has 0 aliphatic heterocycles. The maximum Gasteiger partial charge on any atom is 0.191 e. The minimum Gasteiger partial charge on any atom is -0.357 e. The number of likely N-dealkylation sites (N-methyl/N-ethyl adjacent to an activating group) is 1. The first-order chi connectivity index (χ1) is 10.6. The third-order valence-corrected chi connectivity index (χ3v) is 3.84. The summed E-state index contributed by atoms with van der Waals surface area (Å²) in [6, 6.07) is 8.73. The van der Waals surface area contributed by atoms with Crippen LogP contribution in [0.15, 0.2) is 29.3 Å². The molecule has 0 bridgehead atoms. The van der Waals surface area contributed by atoms with E-state index in [1.165, 1.54) is 11.1 Å². The third-order valence-electron chi connectivity index (χ3n) is 3.84. The standard InChI is InChI=1S/C18H32N4/c1-6-19-18(20-12-13-22(5)7-2)21-14-16(4)17-10-8-15(3)9-11-17/h8-11,16H,6-7,12-14H2,1-5H3,(H2,19,20,21). The fraction of sp³-hybridized carbons (Fsp3) is 0.611. The summed E-state index contributed by atoms with van der Waals surface area (Å²) in [5, 5.41) is 6.71. The second-order valence-corrected chi connectivity index (χ2v) is 5.85. The largest absolute Gasteiger partial charge is 0.357 e. The van der Waals surface area contributed by atoms with Crippen molar-refractivity contribution in [2.24, 2.45) is 4.99 Å². The van der Waals surface area contributed by atoms with E-state index in [-0.39, 0.29) is 0 Å². The maximum absolute atomic E-state index is 4.71. The van der Waals surface area contributed by atoms with E-state index < -0.39 is 0 Å². The second-order valence-electron chi connectivity index (χ2n) is 5.85. The van der Waals surface area contributed by atoms with Gasteiger partial charge in [-0.15, -0.1) is 0 Å². The minimum atomic E-state index is 0.425. The van der Waals surface area contributed by atoms with Gasteiger partial charge in [-0.2, -0.15) is 0 Å². The van der Waals surface area contributed by atoms with Crippen molar-refractivity contribution in [3.05, 3.63) is 35.4 Å². The van der Waals surface area contributed by atoms with E-state index in [0.717, 1.165) is 38.7 Å². The number of nitrogens with zero attached hydrogens (tertiary/aromatic N) is 2. The Labute approximate surface area is 136 Å². The first kappa shape index (κ1) is 18.5. The van der Waals surface area contributed by atoms with Gasteiger partial charge in [0.05, 0.1) is 0 Å². The highest BCUT2D eigenvalue weighted by atomic mass is 15.2. The predicted octanol–water partition coefficient (Wildman–Crippen LogP) is 2.61. The zero-order valence-electron chi connectivity index (χ0n) is 14.8. The Morgan fingerprint density at radius 3 is 2.45 bits per heavy atom. The van der Waals surface area contributed by atoms with Crippen LogP contribution < -0.4 is 10.6 Å². The molecule has 1 unspecified atom stereocenters. The Morgan fingerprint density at radius 1 is 1.18 bits per heavy atom. The summed E-state index contributed by atoms with van der Waals surface area (Å²) in [5.74, 6) is 1.33. The molecule has 0 spiro atoms. The van der Waals surface area contributed by atoms with E-state index in [1.54, 1.807) is 0 Å². The van der Waals surface area contributed by atoms with Crippen LogP contribution in [0, 0.1) is 6.92 Å². The van der Waals surface area contributed by atoms with Gasteiger partial charge in [0.25, 0.3) is 0 Å². The molecule has 0 saturated heterocycles. The number of aryl methyl sites for hydroxylation is 1. The topological polar surface area (TPSA) is 39.7 Å². The molecule has 1 rings (SSSR count). The third kappa shape index (κ3) is 6.94. The smallest absolute Gasteiger partial charge is 0.191 e. The van der Waals surface area contributed by atoms with Gasteiger partial charge < -0.3 is 15.5 Å². The summed E-state index contributed by atoms with van der Waals surface area (Å²) in [6.07, 6.45) is 0. The fourth-order valence-electron chi connectivity index (χ4n) is 2.09. The van der Waals surface area contributed by atoms with Gasteiger partial charge in [-0.1, -0.05) is 43.7 Å². The van der Waals surface area contributed by atoms with E-state index in [0.29, 0.717) is 5.92 Å². The van der Waals surface area contributed by atoms with Crippen LogP contribution in [0.2, 0.25) is 0 Å². The first-order valence-electron chi connectivity index (χ1n) is 8.34. The van der Waals surface area contributed by atoms with E-state index >= 15 is 0 Å². The van der Waals surface area contributed by atoms with Gasteiger partial charge in [-0.3, -0.25) is 4.99 Å². The molecule has 0 heterocycles. The summed E-state index contributed by atoms with van der Waals surface area (Å²) in [6.45, 7) is 13.3. The van der Waals surface area contributed by atoms with Crippen LogP contribution in [0.4, 0.5) is 0 Å². The molecule has 4 nitrogen and oxygen atoms in total. The monoisotopic (exact) mass is 304 g/mol. The van der Waals surface area contributed by atoms with E-state index in [9.17, 15) is 0 Å². The highest BCUT2D eigenvalue weighted by molar-refractivity contribution is 5.79. The molecular formula is C18H32N4. The quantitative estimate of drug-likeness (QED) is 0.573. The number of aliphatic imine (C=N–C) groups is 1. The Morgan fingerprint density at radius 2 is 1.86 bits per heavy atom. The average molecular weight is 304 g/mol. The van der Waals surface area contributed by atoms with Crippen LogP contribution in [0.25, 0.3) is 0 Å². The SMILES string of the molecule is CCNC(=NCC(C)c1ccc(C)cc1)NCCN(C)CC. The molecule has 0 saturated carbocycles. The van der Waals surface area contributed by atoms with Crippen LogP contribution >= 0.6 is 0 Å². The lowest BCUT2D eigenvalue weighted by atomic mass is 10.0. The number of hydrogen-bond donors (Lipinski definition) is 2. The molecule has 0 fully saturated rings. The van der Waals surface area contributed by atoms with Gasteiger partial charge in [-0.25, -0.2) is 0 Å². The average Bonchev–Trinajstić information content (AvgIpc) is 2.52. The van der Waals surface area contributed by atoms with Gasteiger partial charge in [0.2, 0.25) is 0 Å². The molecule has 22 heavy (non-hydrogen) atoms. The number of nitrogens with one attached hydrogen (secondary N) is 2. The van der Waals surface area contributed by atoms with Crippen LogP contribution in [-0.4, -0.2) is 50.6 Å². The van der Waals surface area contributed by atoms with Gasteiger partial charge in [0, 0.05) is 32.1 Å². The van der Waals surface area contributed by atoms with Crippen LogP contribution in [0.1, 0.15) is 37.8 Å². The summed E-state index contributed by atoms with van der Waals surface area (Å²) < 4.78 is 0. The lowest BCUT2D eigenvalue weighted by Crippen LogP contribution is -2.41. The minimum absolute atomic E-state index is 0.425. The molecular weight excluding hydrogens is 272 g/mol. The van der Waals surface area contributed by atoms with Crippen molar-refractivity contribution in [2.75, 3.05) is 39.8 Å². The van der Waals surface area contributed by atoms with Crippen LogP contribution in [0.5, 0.6) is 0 Å². The van der Waals surface area contributed by atoms with Crippen molar-refractivity contribution in [3.8, 4) is 0 Å². The van der Waals surface area contributed by atoms with Crippen molar-refractivity contribution in [3.63, 3.8) is 0 Å². The van der Waals surface area contributed by atoms with Crippen LogP contribution in [-0.2, 0) is 0 Å². The zero-order chi connectivity index (χ0) is 16.4. The predicted molar refractivity (Wildman–Crippen MR) is 96.7 cm³/mol. The summed E-state index contributed by atoms with van der Waals surface area (Å²) in [7, 11) is 2.13. The summed E-state index contributed by atoms with van der Waals surface area (Å²) in [4.78, 5) is 6.99. The molecule has 1 aromatic carbocycles. The van der Waals surface area contributed by atoms with E-state index in [4.69, 9.17) is 4.99 Å². The molecule has 124 valence electrons. The number of benzene rings is 1. The fourth-order valence-corrected chi connectivity index (χ4v) is 2.09. The Balaban J connectivity index is 2.51. The lowest BCUT2D eigenvalue weighted by Gasteiger charge is -2.17. The number of hydrogen-bond acceptors (Lipinski definition) is 2. The molecule has 0 aliphatic rings. The zero-order valence-corrected chi connectivity index (χ0v) is 14.8. The molecule has 0 aromatic heterocycles. The maximum atomic E-state index is 4.71. The normalized spacial score (nSPS) is 13.3. The highest BCUT2D eigenvalue weighted by Gasteiger charge is 2.05. The Bertz CT molecular complexity index is 439. The lowest BCUT2D eigenvalue weighted by molar-refractivity contribution is 0.357. The Hall–Kier alpha value is -1.55. The van der Waals surface area contributed by atoms with Gasteiger partial charge >= 0.3 is 0 Å². The number of rotatable bonds is 8. The van der Waals surface area contributed by atoms with Gasteiger partial charge in [0.1, 0.15) is 0 Å². The molecule has 0 aliphatic carbocycles. The molecule has 2 N–H and O–H groups in total. The van der Waals surface area contributed by atoms with Crippen molar-refractivity contribution >= 4 is 5.96 Å².